The summed E-state index contributed by atoms with van der Waals surface area (Å²) < 4.78 is 5.64. The topological polar surface area (TPSA) is 78.8 Å². The van der Waals surface area contributed by atoms with Crippen LogP contribution < -0.4 is 10.8 Å². The van der Waals surface area contributed by atoms with Crippen LogP contribution in [0, 0.1) is 5.92 Å². The highest BCUT2D eigenvalue weighted by molar-refractivity contribution is 6.58. The molecule has 0 saturated heterocycles. The lowest BCUT2D eigenvalue weighted by molar-refractivity contribution is -0.151. The van der Waals surface area contributed by atoms with Gasteiger partial charge in [0.15, 0.2) is 0 Å². The molecule has 0 aromatic heterocycles. The second-order valence-corrected chi connectivity index (χ2v) is 7.03. The van der Waals surface area contributed by atoms with E-state index in [9.17, 15) is 14.8 Å². The standard InChI is InChI=1S/C18H28BNO4/c1-13(2)10-17(18(21)24-16-8-3-4-9-16)20-12-14-6-5-7-15(11-14)19(22)23/h5-7,11,13,16-17,20,22-23H,3-4,8-10,12H2,1-2H3/t17-/m0/s1. The van der Waals surface area contributed by atoms with Crippen LogP contribution in [0.2, 0.25) is 0 Å². The van der Waals surface area contributed by atoms with Crippen molar-refractivity contribution in [2.75, 3.05) is 0 Å². The molecule has 0 bridgehead atoms. The Bertz CT molecular complexity index is 530. The predicted molar refractivity (Wildman–Crippen MR) is 94.7 cm³/mol. The molecule has 0 heterocycles. The summed E-state index contributed by atoms with van der Waals surface area (Å²) in [6, 6.07) is 6.72. The highest BCUT2D eigenvalue weighted by atomic mass is 16.5. The fraction of sp³-hybridized carbons (Fsp3) is 0.611. The molecule has 1 fully saturated rings. The van der Waals surface area contributed by atoms with Gasteiger partial charge in [0.25, 0.3) is 0 Å². The first kappa shape index (κ1) is 19.0. The molecule has 1 saturated carbocycles. The molecule has 0 amide bonds. The van der Waals surface area contributed by atoms with Crippen molar-refractivity contribution in [2.24, 2.45) is 5.92 Å². The monoisotopic (exact) mass is 333 g/mol. The highest BCUT2D eigenvalue weighted by Crippen LogP contribution is 2.22. The van der Waals surface area contributed by atoms with Gasteiger partial charge in [-0.05, 0) is 49.0 Å². The van der Waals surface area contributed by atoms with Crippen LogP contribution in [-0.2, 0) is 16.1 Å². The number of benzene rings is 1. The van der Waals surface area contributed by atoms with Crippen LogP contribution in [0.1, 0.15) is 51.5 Å². The van der Waals surface area contributed by atoms with E-state index in [1.54, 1.807) is 18.2 Å². The van der Waals surface area contributed by atoms with Gasteiger partial charge >= 0.3 is 13.1 Å². The van der Waals surface area contributed by atoms with Crippen LogP contribution >= 0.6 is 0 Å². The fourth-order valence-electron chi connectivity index (χ4n) is 3.09. The van der Waals surface area contributed by atoms with E-state index in [2.05, 4.69) is 19.2 Å². The molecule has 6 heteroatoms. The molecule has 1 aromatic rings. The molecule has 5 nitrogen and oxygen atoms in total. The largest absolute Gasteiger partial charge is 0.488 e. The van der Waals surface area contributed by atoms with E-state index in [1.165, 1.54) is 0 Å². The van der Waals surface area contributed by atoms with Crippen LogP contribution in [0.15, 0.2) is 24.3 Å². The average Bonchev–Trinajstić information content (AvgIpc) is 3.04. The zero-order chi connectivity index (χ0) is 17.5. The lowest BCUT2D eigenvalue weighted by atomic mass is 9.79. The van der Waals surface area contributed by atoms with Gasteiger partial charge in [0.05, 0.1) is 0 Å². The number of nitrogens with one attached hydrogen (secondary N) is 1. The van der Waals surface area contributed by atoms with Gasteiger partial charge in [-0.25, -0.2) is 0 Å². The summed E-state index contributed by atoms with van der Waals surface area (Å²) in [5, 5.41) is 21.8. The zero-order valence-corrected chi connectivity index (χ0v) is 14.6. The maximum Gasteiger partial charge on any atom is 0.488 e. The maximum absolute atomic E-state index is 12.5. The Kier molecular flexibility index (Phi) is 7.27. The first-order valence-corrected chi connectivity index (χ1v) is 8.84. The lowest BCUT2D eigenvalue weighted by Crippen LogP contribution is -2.40. The van der Waals surface area contributed by atoms with E-state index in [0.29, 0.717) is 24.3 Å². The van der Waals surface area contributed by atoms with Crippen molar-refractivity contribution in [2.45, 2.75) is 64.6 Å². The number of carbonyl (C=O) groups is 1. The van der Waals surface area contributed by atoms with Crippen LogP contribution in [0.25, 0.3) is 0 Å². The Labute approximate surface area is 144 Å². The third-order valence-electron chi connectivity index (χ3n) is 4.38. The molecule has 0 radical (unpaired) electrons. The Balaban J connectivity index is 1.94. The summed E-state index contributed by atoms with van der Waals surface area (Å²) in [6.45, 7) is 4.65. The molecule has 0 spiro atoms. The molecule has 0 unspecified atom stereocenters. The third kappa shape index (κ3) is 5.93. The van der Waals surface area contributed by atoms with Gasteiger partial charge in [0, 0.05) is 6.54 Å². The first-order valence-electron chi connectivity index (χ1n) is 8.84. The van der Waals surface area contributed by atoms with Crippen LogP contribution in [0.5, 0.6) is 0 Å². The predicted octanol–water partition coefficient (Wildman–Crippen LogP) is 1.36. The van der Waals surface area contributed by atoms with Crippen LogP contribution in [0.3, 0.4) is 0 Å². The molecular formula is C18H28BNO4. The summed E-state index contributed by atoms with van der Waals surface area (Å²) in [7, 11) is -1.48. The second-order valence-electron chi connectivity index (χ2n) is 7.03. The minimum absolute atomic E-state index is 0.0711. The van der Waals surface area contributed by atoms with Gasteiger partial charge in [0.1, 0.15) is 12.1 Å². The lowest BCUT2D eigenvalue weighted by Gasteiger charge is -2.22. The molecule has 3 N–H and O–H groups in total. The Morgan fingerprint density at radius 2 is 2.04 bits per heavy atom. The molecule has 2 rings (SSSR count). The molecule has 0 aliphatic heterocycles. The molecule has 1 aliphatic carbocycles. The van der Waals surface area contributed by atoms with Crippen molar-refractivity contribution in [1.82, 2.24) is 5.32 Å². The van der Waals surface area contributed by atoms with E-state index in [4.69, 9.17) is 4.74 Å². The fourth-order valence-corrected chi connectivity index (χ4v) is 3.09. The summed E-state index contributed by atoms with van der Waals surface area (Å²) >= 11 is 0. The average molecular weight is 333 g/mol. The van der Waals surface area contributed by atoms with Crippen LogP contribution in [0.4, 0.5) is 0 Å². The van der Waals surface area contributed by atoms with E-state index in [-0.39, 0.29) is 18.1 Å². The maximum atomic E-state index is 12.5. The zero-order valence-electron chi connectivity index (χ0n) is 14.6. The number of rotatable bonds is 8. The third-order valence-corrected chi connectivity index (χ3v) is 4.38. The molecule has 1 atom stereocenters. The van der Waals surface area contributed by atoms with E-state index in [1.807, 2.05) is 6.07 Å². The van der Waals surface area contributed by atoms with Gasteiger partial charge in [-0.2, -0.15) is 0 Å². The first-order chi connectivity index (χ1) is 11.5. The SMILES string of the molecule is CC(C)C[C@H](NCc1cccc(B(O)O)c1)C(=O)OC1CCCC1. The van der Waals surface area contributed by atoms with Crippen molar-refractivity contribution >= 4 is 18.6 Å². The van der Waals surface area contributed by atoms with Gasteiger partial charge in [0.2, 0.25) is 0 Å². The van der Waals surface area contributed by atoms with Crippen molar-refractivity contribution < 1.29 is 19.6 Å². The molecular weight excluding hydrogens is 305 g/mol. The van der Waals surface area contributed by atoms with Crippen LogP contribution in [-0.4, -0.2) is 35.3 Å². The second kappa shape index (κ2) is 9.21. The Morgan fingerprint density at radius 1 is 1.33 bits per heavy atom. The highest BCUT2D eigenvalue weighted by Gasteiger charge is 2.26. The molecule has 1 aliphatic rings. The number of hydrogen-bond donors (Lipinski definition) is 3. The van der Waals surface area contributed by atoms with Gasteiger partial charge in [-0.1, -0.05) is 38.1 Å². The van der Waals surface area contributed by atoms with Gasteiger partial charge in [-0.3, -0.25) is 4.79 Å². The summed E-state index contributed by atoms with van der Waals surface area (Å²) in [5.74, 6) is 0.207. The van der Waals surface area contributed by atoms with Crippen molar-refractivity contribution in [3.05, 3.63) is 29.8 Å². The summed E-state index contributed by atoms with van der Waals surface area (Å²) in [5.41, 5.74) is 1.35. The minimum atomic E-state index is -1.48. The summed E-state index contributed by atoms with van der Waals surface area (Å²) in [4.78, 5) is 12.5. The molecule has 132 valence electrons. The van der Waals surface area contributed by atoms with Gasteiger partial charge in [-0.15, -0.1) is 0 Å². The van der Waals surface area contributed by atoms with E-state index < -0.39 is 7.12 Å². The smallest absolute Gasteiger partial charge is 0.461 e. The van der Waals surface area contributed by atoms with E-state index >= 15 is 0 Å². The van der Waals surface area contributed by atoms with Crippen molar-refractivity contribution in [3.8, 4) is 0 Å². The summed E-state index contributed by atoms with van der Waals surface area (Å²) in [6.07, 6.45) is 5.00. The van der Waals surface area contributed by atoms with Crippen molar-refractivity contribution in [1.29, 1.82) is 0 Å². The van der Waals surface area contributed by atoms with E-state index in [0.717, 1.165) is 31.2 Å². The number of carbonyl (C=O) groups excluding carboxylic acids is 1. The normalized spacial score (nSPS) is 16.4. The van der Waals surface area contributed by atoms with Crippen molar-refractivity contribution in [3.63, 3.8) is 0 Å². The Morgan fingerprint density at radius 3 is 2.67 bits per heavy atom. The molecule has 24 heavy (non-hydrogen) atoms. The number of esters is 1. The number of ether oxygens (including phenoxy) is 1. The minimum Gasteiger partial charge on any atom is -0.461 e. The van der Waals surface area contributed by atoms with Gasteiger partial charge < -0.3 is 20.1 Å². The molecule has 1 aromatic carbocycles. The number of hydrogen-bond acceptors (Lipinski definition) is 5. The quantitative estimate of drug-likeness (QED) is 0.494. The Hall–Kier alpha value is -1.37.